The molecule has 3 fully saturated rings. The normalized spacial score (nSPS) is 23.2. The van der Waals surface area contributed by atoms with Gasteiger partial charge in [-0.15, -0.1) is 13.2 Å². The fourth-order valence-corrected chi connectivity index (χ4v) is 9.87. The molecule has 0 saturated carbocycles. The first kappa shape index (κ1) is 48.2. The van der Waals surface area contributed by atoms with Crippen LogP contribution in [0, 0.1) is 18.6 Å². The number of amides is 3. The van der Waals surface area contributed by atoms with Crippen LogP contribution >= 0.6 is 0 Å². The van der Waals surface area contributed by atoms with Crippen molar-refractivity contribution in [1.29, 1.82) is 0 Å². The highest BCUT2D eigenvalue weighted by Crippen LogP contribution is 2.53. The highest BCUT2D eigenvalue weighted by molar-refractivity contribution is 6.02. The van der Waals surface area contributed by atoms with Crippen molar-refractivity contribution in [3.05, 3.63) is 64.9 Å². The number of anilines is 2. The Hall–Kier alpha value is -6.28. The number of aryl methyl sites for hydroxylation is 1. The van der Waals surface area contributed by atoms with E-state index in [9.17, 15) is 27.6 Å². The van der Waals surface area contributed by atoms with Crippen molar-refractivity contribution in [2.24, 2.45) is 0 Å². The third-order valence-corrected chi connectivity index (χ3v) is 12.5. The summed E-state index contributed by atoms with van der Waals surface area (Å²) < 4.78 is 135. The van der Waals surface area contributed by atoms with E-state index in [1.165, 1.54) is 34.8 Å². The molecule has 4 aliphatic rings. The van der Waals surface area contributed by atoms with Gasteiger partial charge in [-0.3, -0.25) is 15.0 Å². The van der Waals surface area contributed by atoms with Crippen molar-refractivity contribution in [2.45, 2.75) is 141 Å². The third kappa shape index (κ3) is 8.83. The number of likely N-dealkylation sites (tertiary alicyclic amines) is 1. The largest absolute Gasteiger partial charge is 0.573 e. The summed E-state index contributed by atoms with van der Waals surface area (Å²) >= 11 is 0. The fraction of sp³-hybridized carbons (Fsp3) is 0.511. The standard InChI is InChI=1S/C47H51F7N6O8/c1-22-31-32-38(56-34(22)30-19-46(50,51)40(61)58(30)20-24-11-13-26(64-10)14-12-24)59-21-45(9)16-15-29(60(45)42(63)68-44(6,7)8)36(59)23(2)65-39(32)57-35(33(31)49)27-17-25(55-41(62)67-43(3,4)5)18-28(48)37(27)66-47(52,53)54/h11-14,17-18,23,29-30,36H,15-16,19-21H2,1-10H3,(H,55,62)/t23-,29-,30?,36+,45+/m0/s1. The van der Waals surface area contributed by atoms with Gasteiger partial charge >= 0.3 is 24.5 Å². The number of alkyl halides is 5. The lowest BCUT2D eigenvalue weighted by Gasteiger charge is -2.52. The van der Waals surface area contributed by atoms with Gasteiger partial charge in [0, 0.05) is 36.7 Å². The number of fused-ring (bicyclic) bond motifs is 5. The smallest absolute Gasteiger partial charge is 0.497 e. The molecule has 5 atom stereocenters. The van der Waals surface area contributed by atoms with Crippen LogP contribution in [0.1, 0.15) is 97.5 Å². The van der Waals surface area contributed by atoms with E-state index in [0.29, 0.717) is 30.2 Å². The van der Waals surface area contributed by atoms with Crippen molar-refractivity contribution < 1.29 is 68.8 Å². The number of pyridine rings is 2. The lowest BCUT2D eigenvalue weighted by molar-refractivity contribution is -0.275. The van der Waals surface area contributed by atoms with Crippen molar-refractivity contribution in [1.82, 2.24) is 19.8 Å². The van der Waals surface area contributed by atoms with Crippen LogP contribution in [0.2, 0.25) is 0 Å². The Bertz CT molecular complexity index is 2710. The molecule has 366 valence electrons. The summed E-state index contributed by atoms with van der Waals surface area (Å²) in [5.41, 5.74) is -5.04. The lowest BCUT2D eigenvalue weighted by atomic mass is 9.92. The molecule has 8 rings (SSSR count). The Morgan fingerprint density at radius 2 is 1.63 bits per heavy atom. The zero-order valence-electron chi connectivity index (χ0n) is 39.0. The van der Waals surface area contributed by atoms with Crippen LogP contribution in [0.15, 0.2) is 36.4 Å². The molecule has 2 aromatic carbocycles. The van der Waals surface area contributed by atoms with Crippen molar-refractivity contribution in [3.63, 3.8) is 0 Å². The van der Waals surface area contributed by atoms with Gasteiger partial charge in [0.2, 0.25) is 5.88 Å². The van der Waals surface area contributed by atoms with E-state index in [1.54, 1.807) is 61.8 Å². The molecule has 3 amide bonds. The maximum Gasteiger partial charge on any atom is 0.573 e. The van der Waals surface area contributed by atoms with Crippen LogP contribution in [0.4, 0.5) is 51.8 Å². The number of piperazine rings is 1. The lowest BCUT2D eigenvalue weighted by Crippen LogP contribution is -2.69. The molecule has 0 aliphatic carbocycles. The molecule has 0 radical (unpaired) electrons. The number of benzene rings is 2. The van der Waals surface area contributed by atoms with E-state index in [-0.39, 0.29) is 41.4 Å². The van der Waals surface area contributed by atoms with Gasteiger partial charge in [0.15, 0.2) is 17.4 Å². The summed E-state index contributed by atoms with van der Waals surface area (Å²) in [7, 11) is 1.45. The molecule has 4 aromatic rings. The molecule has 0 spiro atoms. The van der Waals surface area contributed by atoms with Gasteiger partial charge < -0.3 is 33.5 Å². The molecular formula is C47H51F7N6O8. The predicted octanol–water partition coefficient (Wildman–Crippen LogP) is 10.4. The van der Waals surface area contributed by atoms with Crippen LogP contribution < -0.4 is 24.4 Å². The molecular weight excluding hydrogens is 910 g/mol. The summed E-state index contributed by atoms with van der Waals surface area (Å²) in [5.74, 6) is -9.91. The molecule has 6 heterocycles. The molecule has 68 heavy (non-hydrogen) atoms. The van der Waals surface area contributed by atoms with Gasteiger partial charge in [0.25, 0.3) is 5.91 Å². The average Bonchev–Trinajstić information content (AvgIpc) is 3.54. The minimum absolute atomic E-state index is 0.0183. The summed E-state index contributed by atoms with van der Waals surface area (Å²) in [5, 5.41) is 1.74. The number of aromatic nitrogens is 2. The molecule has 4 aliphatic heterocycles. The second-order valence-electron chi connectivity index (χ2n) is 19.9. The molecule has 1 N–H and O–H groups in total. The van der Waals surface area contributed by atoms with Gasteiger partial charge in [-0.2, -0.15) is 8.78 Å². The van der Waals surface area contributed by atoms with Crippen molar-refractivity contribution in [3.8, 4) is 28.6 Å². The Morgan fingerprint density at radius 1 is 0.971 bits per heavy atom. The number of rotatable bonds is 7. The van der Waals surface area contributed by atoms with Crippen LogP contribution in [0.3, 0.4) is 0 Å². The first-order chi connectivity index (χ1) is 31.5. The molecule has 1 unspecified atom stereocenters. The van der Waals surface area contributed by atoms with Gasteiger partial charge in [-0.1, -0.05) is 12.1 Å². The van der Waals surface area contributed by atoms with Gasteiger partial charge in [-0.05, 0) is 104 Å². The van der Waals surface area contributed by atoms with Crippen LogP contribution in [0.25, 0.3) is 22.0 Å². The topological polar surface area (TPSA) is 145 Å². The number of hydrogen-bond donors (Lipinski definition) is 1. The van der Waals surface area contributed by atoms with E-state index in [4.69, 9.17) is 23.9 Å². The van der Waals surface area contributed by atoms with Gasteiger partial charge in [0.1, 0.15) is 34.6 Å². The molecule has 2 aromatic heterocycles. The average molecular weight is 961 g/mol. The number of ether oxygens (including phenoxy) is 5. The van der Waals surface area contributed by atoms with E-state index in [2.05, 4.69) is 15.0 Å². The van der Waals surface area contributed by atoms with E-state index < -0.39 is 117 Å². The summed E-state index contributed by atoms with van der Waals surface area (Å²) in [4.78, 5) is 54.3. The molecule has 21 heteroatoms. The fourth-order valence-electron chi connectivity index (χ4n) is 9.87. The zero-order valence-corrected chi connectivity index (χ0v) is 39.0. The Morgan fingerprint density at radius 3 is 2.25 bits per heavy atom. The summed E-state index contributed by atoms with van der Waals surface area (Å²) in [6, 6.07) is 4.75. The number of hydrogen-bond acceptors (Lipinski definition) is 11. The second-order valence-corrected chi connectivity index (χ2v) is 19.9. The number of halogens is 7. The minimum Gasteiger partial charge on any atom is -0.497 e. The third-order valence-electron chi connectivity index (χ3n) is 12.5. The van der Waals surface area contributed by atoms with E-state index in [1.807, 2.05) is 6.92 Å². The quantitative estimate of drug-likeness (QED) is 0.177. The summed E-state index contributed by atoms with van der Waals surface area (Å²) in [6.07, 6.45) is -8.37. The monoisotopic (exact) mass is 960 g/mol. The first-order valence-corrected chi connectivity index (χ1v) is 21.9. The van der Waals surface area contributed by atoms with Crippen LogP contribution in [0.5, 0.6) is 17.4 Å². The molecule has 2 bridgehead atoms. The summed E-state index contributed by atoms with van der Waals surface area (Å²) in [6.45, 7) is 14.3. The Kier molecular flexibility index (Phi) is 11.7. The maximum atomic E-state index is 18.1. The van der Waals surface area contributed by atoms with Gasteiger partial charge in [-0.25, -0.2) is 28.3 Å². The Balaban J connectivity index is 1.39. The van der Waals surface area contributed by atoms with E-state index >= 15 is 17.6 Å². The minimum atomic E-state index is -5.52. The number of carbonyl (C=O) groups excluding carboxylic acids is 3. The van der Waals surface area contributed by atoms with Crippen molar-refractivity contribution in [2.75, 3.05) is 23.9 Å². The van der Waals surface area contributed by atoms with Crippen molar-refractivity contribution >= 4 is 40.4 Å². The van der Waals surface area contributed by atoms with Crippen LogP contribution in [-0.2, 0) is 20.8 Å². The maximum absolute atomic E-state index is 18.1. The molecule has 3 saturated heterocycles. The van der Waals surface area contributed by atoms with E-state index in [0.717, 1.165) is 11.0 Å². The highest BCUT2D eigenvalue weighted by Gasteiger charge is 2.60. The number of nitrogens with zero attached hydrogens (tertiary/aromatic N) is 5. The number of nitrogens with one attached hydrogen (secondary N) is 1. The second kappa shape index (κ2) is 16.5. The Labute approximate surface area is 387 Å². The first-order valence-electron chi connectivity index (χ1n) is 21.9. The highest BCUT2D eigenvalue weighted by atomic mass is 19.4. The molecule has 14 nitrogen and oxygen atoms in total. The number of methoxy groups -OCH3 is 1. The zero-order chi connectivity index (χ0) is 49.8. The SMILES string of the molecule is COc1ccc(CN2C(=O)C(F)(F)CC2c2nc3c4c(nc(-c5cc(NC(=O)OC(C)(C)C)cc(F)c5OC(F)(F)F)c(F)c4c2C)O[C@@H](C)[C@@H]2[C@@H]4CC[C@](C)(CN32)N4C(=O)OC(C)(C)C)cc1. The van der Waals surface area contributed by atoms with Crippen LogP contribution in [-0.4, -0.2) is 98.7 Å². The van der Waals surface area contributed by atoms with Gasteiger partial charge in [0.05, 0.1) is 47.4 Å². The predicted molar refractivity (Wildman–Crippen MR) is 233 cm³/mol. The number of carbonyl (C=O) groups is 3.